The van der Waals surface area contributed by atoms with Crippen molar-refractivity contribution in [3.8, 4) is 0 Å². The highest BCUT2D eigenvalue weighted by Crippen LogP contribution is 2.20. The maximum Gasteiger partial charge on any atom is 0.0925 e. The highest BCUT2D eigenvalue weighted by molar-refractivity contribution is 5.24. The van der Waals surface area contributed by atoms with Gasteiger partial charge in [-0.15, -0.1) is 0 Å². The maximum absolute atomic E-state index is 9.65. The summed E-state index contributed by atoms with van der Waals surface area (Å²) in [7, 11) is 0. The van der Waals surface area contributed by atoms with E-state index in [4.69, 9.17) is 0 Å². The number of hydrogen-bond donors (Lipinski definition) is 3. The Labute approximate surface area is 107 Å². The lowest BCUT2D eigenvalue weighted by Gasteiger charge is -2.29. The van der Waals surface area contributed by atoms with Crippen LogP contribution < -0.4 is 5.32 Å². The largest absolute Gasteiger partial charge is 0.394 e. The van der Waals surface area contributed by atoms with Gasteiger partial charge in [0.25, 0.3) is 0 Å². The molecule has 2 aromatic rings. The van der Waals surface area contributed by atoms with E-state index in [2.05, 4.69) is 15.3 Å². The summed E-state index contributed by atoms with van der Waals surface area (Å²) in [6.45, 7) is 4.65. The lowest BCUT2D eigenvalue weighted by Crippen LogP contribution is -2.42. The van der Waals surface area contributed by atoms with Crippen LogP contribution >= 0.6 is 0 Å². The van der Waals surface area contributed by atoms with Gasteiger partial charge >= 0.3 is 0 Å². The zero-order valence-corrected chi connectivity index (χ0v) is 10.8. The fourth-order valence-corrected chi connectivity index (χ4v) is 1.90. The molecule has 1 aromatic carbocycles. The number of hydrogen-bond acceptors (Lipinski definition) is 3. The number of nitrogens with zero attached hydrogens (tertiary/aromatic N) is 1. The van der Waals surface area contributed by atoms with E-state index in [-0.39, 0.29) is 6.61 Å². The van der Waals surface area contributed by atoms with Crippen molar-refractivity contribution in [2.75, 3.05) is 6.61 Å². The van der Waals surface area contributed by atoms with Gasteiger partial charge in [-0.3, -0.25) is 5.32 Å². The van der Waals surface area contributed by atoms with Gasteiger partial charge in [0.2, 0.25) is 0 Å². The third-order valence-corrected chi connectivity index (χ3v) is 3.31. The van der Waals surface area contributed by atoms with Crippen molar-refractivity contribution < 1.29 is 5.11 Å². The van der Waals surface area contributed by atoms with E-state index in [0.29, 0.717) is 6.54 Å². The Morgan fingerprint density at radius 2 is 2.06 bits per heavy atom. The highest BCUT2D eigenvalue weighted by atomic mass is 16.3. The minimum Gasteiger partial charge on any atom is -0.394 e. The average molecular weight is 245 g/mol. The number of aromatic nitrogens is 2. The maximum atomic E-state index is 9.65. The molecule has 0 radical (unpaired) electrons. The molecule has 1 unspecified atom stereocenters. The van der Waals surface area contributed by atoms with Crippen molar-refractivity contribution in [1.29, 1.82) is 0 Å². The Hall–Kier alpha value is -1.65. The molecule has 0 saturated carbocycles. The first-order valence-corrected chi connectivity index (χ1v) is 6.06. The van der Waals surface area contributed by atoms with Gasteiger partial charge in [0.1, 0.15) is 0 Å². The first kappa shape index (κ1) is 12.8. The fraction of sp³-hybridized carbons (Fsp3) is 0.357. The normalized spacial score (nSPS) is 14.4. The summed E-state index contributed by atoms with van der Waals surface area (Å²) in [6, 6.07) is 9.95. The average Bonchev–Trinajstić information content (AvgIpc) is 2.83. The van der Waals surface area contributed by atoms with Gasteiger partial charge in [-0.1, -0.05) is 30.3 Å². The second-order valence-corrected chi connectivity index (χ2v) is 4.68. The van der Waals surface area contributed by atoms with Crippen molar-refractivity contribution in [2.24, 2.45) is 0 Å². The fourth-order valence-electron chi connectivity index (χ4n) is 1.90. The standard InChI is InChI=1S/C14H19N3O/c1-11-13(16-10-15-11)8-17-14(2,9-18)12-6-4-3-5-7-12/h3-7,10,17-18H,8-9H2,1-2H3,(H,15,16). The number of imidazole rings is 1. The number of rotatable bonds is 5. The van der Waals surface area contributed by atoms with Crippen LogP contribution in [0.15, 0.2) is 36.7 Å². The molecule has 0 fully saturated rings. The molecule has 0 spiro atoms. The topological polar surface area (TPSA) is 60.9 Å². The monoisotopic (exact) mass is 245 g/mol. The summed E-state index contributed by atoms with van der Waals surface area (Å²) in [5.74, 6) is 0. The molecule has 1 heterocycles. The highest BCUT2D eigenvalue weighted by Gasteiger charge is 2.25. The molecule has 4 nitrogen and oxygen atoms in total. The molecular formula is C14H19N3O. The van der Waals surface area contributed by atoms with E-state index in [1.807, 2.05) is 44.2 Å². The van der Waals surface area contributed by atoms with Gasteiger partial charge in [-0.05, 0) is 19.4 Å². The predicted molar refractivity (Wildman–Crippen MR) is 71.0 cm³/mol. The molecule has 18 heavy (non-hydrogen) atoms. The molecular weight excluding hydrogens is 226 g/mol. The summed E-state index contributed by atoms with van der Waals surface area (Å²) < 4.78 is 0. The number of aryl methyl sites for hydroxylation is 1. The molecule has 1 atom stereocenters. The summed E-state index contributed by atoms with van der Waals surface area (Å²) >= 11 is 0. The van der Waals surface area contributed by atoms with Crippen LogP contribution in [0.3, 0.4) is 0 Å². The second kappa shape index (κ2) is 5.33. The molecule has 1 aromatic heterocycles. The van der Waals surface area contributed by atoms with Crippen LogP contribution in [0.1, 0.15) is 23.9 Å². The molecule has 0 aliphatic heterocycles. The Morgan fingerprint density at radius 1 is 1.33 bits per heavy atom. The first-order chi connectivity index (χ1) is 8.65. The van der Waals surface area contributed by atoms with Gasteiger partial charge in [-0.2, -0.15) is 0 Å². The van der Waals surface area contributed by atoms with Crippen LogP contribution in [0, 0.1) is 6.92 Å². The summed E-state index contributed by atoms with van der Waals surface area (Å²) in [4.78, 5) is 7.30. The van der Waals surface area contributed by atoms with Crippen LogP contribution in [0.4, 0.5) is 0 Å². The van der Waals surface area contributed by atoms with Gasteiger partial charge < -0.3 is 10.1 Å². The number of aliphatic hydroxyl groups excluding tert-OH is 1. The van der Waals surface area contributed by atoms with E-state index in [1.165, 1.54) is 0 Å². The number of nitrogens with one attached hydrogen (secondary N) is 2. The summed E-state index contributed by atoms with van der Waals surface area (Å²) in [6.07, 6.45) is 1.69. The molecule has 0 bridgehead atoms. The molecule has 2 rings (SSSR count). The minimum atomic E-state index is -0.452. The second-order valence-electron chi connectivity index (χ2n) is 4.68. The summed E-state index contributed by atoms with van der Waals surface area (Å²) in [5.41, 5.74) is 2.65. The van der Waals surface area contributed by atoms with Crippen molar-refractivity contribution in [3.63, 3.8) is 0 Å². The zero-order valence-electron chi connectivity index (χ0n) is 10.8. The summed E-state index contributed by atoms with van der Waals surface area (Å²) in [5, 5.41) is 13.0. The molecule has 96 valence electrons. The van der Waals surface area contributed by atoms with Gasteiger partial charge in [-0.25, -0.2) is 4.98 Å². The number of benzene rings is 1. The van der Waals surface area contributed by atoms with Crippen molar-refractivity contribution >= 4 is 0 Å². The molecule has 0 aliphatic carbocycles. The van der Waals surface area contributed by atoms with E-state index in [0.717, 1.165) is 17.0 Å². The van der Waals surface area contributed by atoms with Crippen LogP contribution in [0.5, 0.6) is 0 Å². The molecule has 3 N–H and O–H groups in total. The van der Waals surface area contributed by atoms with Crippen LogP contribution in [0.25, 0.3) is 0 Å². The molecule has 0 aliphatic rings. The Balaban J connectivity index is 2.12. The van der Waals surface area contributed by atoms with Gasteiger partial charge in [0.05, 0.1) is 24.2 Å². The van der Waals surface area contributed by atoms with Crippen molar-refractivity contribution in [2.45, 2.75) is 25.9 Å². The number of aliphatic hydroxyl groups is 1. The Kier molecular flexibility index (Phi) is 3.79. The number of aromatic amines is 1. The third kappa shape index (κ3) is 2.60. The van der Waals surface area contributed by atoms with E-state index >= 15 is 0 Å². The van der Waals surface area contributed by atoms with Gasteiger partial charge in [0.15, 0.2) is 0 Å². The molecule has 0 amide bonds. The SMILES string of the molecule is Cc1[nH]cnc1CNC(C)(CO)c1ccccc1. The Morgan fingerprint density at radius 3 is 2.61 bits per heavy atom. The van der Waals surface area contributed by atoms with Crippen LogP contribution in [-0.2, 0) is 12.1 Å². The van der Waals surface area contributed by atoms with Crippen LogP contribution in [0.2, 0.25) is 0 Å². The number of H-pyrrole nitrogens is 1. The van der Waals surface area contributed by atoms with Crippen molar-refractivity contribution in [3.05, 3.63) is 53.6 Å². The Bertz CT molecular complexity index is 495. The lowest BCUT2D eigenvalue weighted by molar-refractivity contribution is 0.173. The lowest BCUT2D eigenvalue weighted by atomic mass is 9.93. The van der Waals surface area contributed by atoms with Crippen molar-refractivity contribution in [1.82, 2.24) is 15.3 Å². The van der Waals surface area contributed by atoms with E-state index in [9.17, 15) is 5.11 Å². The minimum absolute atomic E-state index is 0.0421. The van der Waals surface area contributed by atoms with E-state index in [1.54, 1.807) is 6.33 Å². The first-order valence-electron chi connectivity index (χ1n) is 6.06. The third-order valence-electron chi connectivity index (χ3n) is 3.31. The van der Waals surface area contributed by atoms with Gasteiger partial charge in [0, 0.05) is 12.2 Å². The predicted octanol–water partition coefficient (Wildman–Crippen LogP) is 1.72. The zero-order chi connectivity index (χ0) is 13.0. The quantitative estimate of drug-likeness (QED) is 0.751. The molecule has 4 heteroatoms. The van der Waals surface area contributed by atoms with E-state index < -0.39 is 5.54 Å². The smallest absolute Gasteiger partial charge is 0.0925 e. The molecule has 0 saturated heterocycles. The van der Waals surface area contributed by atoms with Crippen LogP contribution in [-0.4, -0.2) is 21.7 Å².